The maximum atomic E-state index is 10.4. The molecule has 4 atom stereocenters. The molecule has 0 aliphatic carbocycles. The third-order valence-corrected chi connectivity index (χ3v) is 4.82. The van der Waals surface area contributed by atoms with Crippen LogP contribution < -0.4 is 10.2 Å². The topological polar surface area (TPSA) is 144 Å². The van der Waals surface area contributed by atoms with Gasteiger partial charge in [0.2, 0.25) is 5.82 Å². The van der Waals surface area contributed by atoms with Crippen molar-refractivity contribution in [2.45, 2.75) is 24.5 Å². The van der Waals surface area contributed by atoms with Gasteiger partial charge in [0.25, 0.3) is 0 Å². The standard InChI is InChI=1S/C20H21N5O6/c1-29-12-6-3-11(4-7-12)5-8-14-22-18(24-30-2)15-19(23-14)25(10-21-15)20-17(28)16(27)13(9-26)31-20/h3-4,6-7,10,13,16-17,20,26-28H,9H2,1-2H3,(H,22,23,24). The van der Waals surface area contributed by atoms with Gasteiger partial charge in [0.15, 0.2) is 23.2 Å². The van der Waals surface area contributed by atoms with Gasteiger partial charge < -0.3 is 24.8 Å². The number of hydrogen-bond donors (Lipinski definition) is 4. The molecule has 0 radical (unpaired) electrons. The predicted octanol–water partition coefficient (Wildman–Crippen LogP) is -0.181. The minimum Gasteiger partial charge on any atom is -0.497 e. The number of benzene rings is 1. The van der Waals surface area contributed by atoms with E-state index < -0.39 is 31.1 Å². The molecule has 1 fully saturated rings. The Morgan fingerprint density at radius 1 is 1.13 bits per heavy atom. The van der Waals surface area contributed by atoms with Crippen molar-refractivity contribution in [3.05, 3.63) is 42.0 Å². The molecule has 1 aromatic carbocycles. The summed E-state index contributed by atoms with van der Waals surface area (Å²) in [6.45, 7) is -0.439. The molecule has 1 aliphatic rings. The molecule has 4 rings (SSSR count). The zero-order chi connectivity index (χ0) is 22.0. The Morgan fingerprint density at radius 2 is 1.90 bits per heavy atom. The fraction of sp³-hybridized carbons (Fsp3) is 0.350. The van der Waals surface area contributed by atoms with E-state index in [1.165, 1.54) is 18.0 Å². The van der Waals surface area contributed by atoms with E-state index in [9.17, 15) is 15.3 Å². The van der Waals surface area contributed by atoms with Crippen LogP contribution in [0.5, 0.6) is 5.75 Å². The number of nitrogens with one attached hydrogen (secondary N) is 1. The first-order valence-corrected chi connectivity index (χ1v) is 9.37. The van der Waals surface area contributed by atoms with Crippen LogP contribution in [0.15, 0.2) is 30.6 Å². The lowest BCUT2D eigenvalue weighted by Crippen LogP contribution is -2.33. The van der Waals surface area contributed by atoms with Crippen LogP contribution in [-0.2, 0) is 9.57 Å². The average molecular weight is 427 g/mol. The summed E-state index contributed by atoms with van der Waals surface area (Å²) >= 11 is 0. The van der Waals surface area contributed by atoms with Crippen molar-refractivity contribution in [2.24, 2.45) is 0 Å². The first-order chi connectivity index (χ1) is 15.0. The van der Waals surface area contributed by atoms with Crippen molar-refractivity contribution in [2.75, 3.05) is 26.3 Å². The monoisotopic (exact) mass is 427 g/mol. The summed E-state index contributed by atoms with van der Waals surface area (Å²) in [5.74, 6) is 7.04. The van der Waals surface area contributed by atoms with Crippen LogP contribution >= 0.6 is 0 Å². The number of fused-ring (bicyclic) bond motifs is 1. The molecule has 0 amide bonds. The molecule has 4 N–H and O–H groups in total. The number of rotatable bonds is 5. The zero-order valence-corrected chi connectivity index (χ0v) is 16.8. The number of hydrogen-bond acceptors (Lipinski definition) is 10. The highest BCUT2D eigenvalue weighted by Crippen LogP contribution is 2.32. The van der Waals surface area contributed by atoms with Gasteiger partial charge in [-0.2, -0.15) is 4.98 Å². The molecule has 3 aromatic rings. The van der Waals surface area contributed by atoms with E-state index in [0.717, 1.165) is 11.3 Å². The van der Waals surface area contributed by atoms with Crippen LogP contribution in [0.3, 0.4) is 0 Å². The number of methoxy groups -OCH3 is 1. The van der Waals surface area contributed by atoms with E-state index in [-0.39, 0.29) is 11.6 Å². The van der Waals surface area contributed by atoms with Crippen LogP contribution in [-0.4, -0.2) is 74.0 Å². The Balaban J connectivity index is 1.74. The highest BCUT2D eigenvalue weighted by atomic mass is 16.6. The number of ether oxygens (including phenoxy) is 2. The lowest BCUT2D eigenvalue weighted by molar-refractivity contribution is -0.0511. The number of nitrogens with zero attached hydrogens (tertiary/aromatic N) is 4. The largest absolute Gasteiger partial charge is 0.497 e. The summed E-state index contributed by atoms with van der Waals surface area (Å²) in [5.41, 5.74) is 4.05. The third kappa shape index (κ3) is 4.02. The van der Waals surface area contributed by atoms with E-state index in [1.807, 2.05) is 12.1 Å². The Kier molecular flexibility index (Phi) is 5.99. The van der Waals surface area contributed by atoms with Crippen LogP contribution in [0, 0.1) is 11.8 Å². The third-order valence-electron chi connectivity index (χ3n) is 4.82. The molecule has 162 valence electrons. The lowest BCUT2D eigenvalue weighted by atomic mass is 10.1. The summed E-state index contributed by atoms with van der Waals surface area (Å²) in [6.07, 6.45) is -3.05. The van der Waals surface area contributed by atoms with Crippen molar-refractivity contribution in [1.82, 2.24) is 19.5 Å². The number of imidazole rings is 1. The molecule has 0 saturated carbocycles. The van der Waals surface area contributed by atoms with Gasteiger partial charge in [0, 0.05) is 5.56 Å². The maximum absolute atomic E-state index is 10.4. The molecule has 1 aliphatic heterocycles. The Bertz CT molecular complexity index is 1120. The van der Waals surface area contributed by atoms with Crippen LogP contribution in [0.25, 0.3) is 11.2 Å². The van der Waals surface area contributed by atoms with Gasteiger partial charge in [-0.15, -0.1) is 0 Å². The van der Waals surface area contributed by atoms with Crippen LogP contribution in [0.1, 0.15) is 17.6 Å². The molecule has 3 heterocycles. The number of anilines is 1. The molecule has 11 nitrogen and oxygen atoms in total. The Hall–Kier alpha value is -3.27. The van der Waals surface area contributed by atoms with Gasteiger partial charge in [-0.25, -0.2) is 15.4 Å². The van der Waals surface area contributed by atoms with Gasteiger partial charge >= 0.3 is 0 Å². The number of aliphatic hydroxyl groups excluding tert-OH is 3. The SMILES string of the molecule is CONc1nc(C#Cc2ccc(OC)cc2)nc2c1ncn2C1OC(CO)C(O)C1O. The summed E-state index contributed by atoms with van der Waals surface area (Å²) < 4.78 is 12.2. The summed E-state index contributed by atoms with van der Waals surface area (Å²) in [5, 5.41) is 29.8. The van der Waals surface area contributed by atoms with E-state index in [2.05, 4.69) is 32.3 Å². The van der Waals surface area contributed by atoms with E-state index in [0.29, 0.717) is 11.2 Å². The number of aromatic nitrogens is 4. The highest BCUT2D eigenvalue weighted by molar-refractivity contribution is 5.83. The molecular formula is C20H21N5O6. The minimum atomic E-state index is -1.28. The molecular weight excluding hydrogens is 406 g/mol. The van der Waals surface area contributed by atoms with Gasteiger partial charge in [-0.05, 0) is 30.2 Å². The van der Waals surface area contributed by atoms with E-state index in [1.54, 1.807) is 19.2 Å². The predicted molar refractivity (Wildman–Crippen MR) is 108 cm³/mol. The maximum Gasteiger partial charge on any atom is 0.209 e. The Labute approximate surface area is 177 Å². The molecule has 0 spiro atoms. The first kappa shape index (κ1) is 21.0. The molecule has 0 bridgehead atoms. The molecule has 11 heteroatoms. The van der Waals surface area contributed by atoms with Crippen molar-refractivity contribution >= 4 is 17.0 Å². The van der Waals surface area contributed by atoms with Crippen LogP contribution in [0.4, 0.5) is 5.82 Å². The summed E-state index contributed by atoms with van der Waals surface area (Å²) in [7, 11) is 3.02. The van der Waals surface area contributed by atoms with Crippen molar-refractivity contribution in [3.63, 3.8) is 0 Å². The highest BCUT2D eigenvalue weighted by Gasteiger charge is 2.44. The number of aliphatic hydroxyl groups is 3. The summed E-state index contributed by atoms with van der Waals surface area (Å²) in [6, 6.07) is 7.20. The Morgan fingerprint density at radius 3 is 2.55 bits per heavy atom. The zero-order valence-electron chi connectivity index (χ0n) is 16.8. The minimum absolute atomic E-state index is 0.177. The molecule has 4 unspecified atom stereocenters. The quantitative estimate of drug-likeness (QED) is 0.320. The second-order valence-corrected chi connectivity index (χ2v) is 6.73. The second-order valence-electron chi connectivity index (χ2n) is 6.73. The fourth-order valence-corrected chi connectivity index (χ4v) is 3.24. The smallest absolute Gasteiger partial charge is 0.209 e. The second kappa shape index (κ2) is 8.84. The molecule has 1 saturated heterocycles. The molecule has 2 aromatic heterocycles. The lowest BCUT2D eigenvalue weighted by Gasteiger charge is -2.16. The first-order valence-electron chi connectivity index (χ1n) is 9.37. The van der Waals surface area contributed by atoms with Crippen molar-refractivity contribution in [3.8, 4) is 17.6 Å². The molecule has 31 heavy (non-hydrogen) atoms. The summed E-state index contributed by atoms with van der Waals surface area (Å²) in [4.78, 5) is 18.0. The van der Waals surface area contributed by atoms with Crippen LogP contribution in [0.2, 0.25) is 0 Å². The van der Waals surface area contributed by atoms with E-state index in [4.69, 9.17) is 14.3 Å². The average Bonchev–Trinajstić information content (AvgIpc) is 3.34. The normalized spacial score (nSPS) is 22.9. The van der Waals surface area contributed by atoms with Gasteiger partial charge in [0.05, 0.1) is 27.2 Å². The van der Waals surface area contributed by atoms with E-state index >= 15 is 0 Å². The van der Waals surface area contributed by atoms with Gasteiger partial charge in [0.1, 0.15) is 24.1 Å². The van der Waals surface area contributed by atoms with Crippen molar-refractivity contribution in [1.29, 1.82) is 0 Å². The van der Waals surface area contributed by atoms with Crippen molar-refractivity contribution < 1.29 is 29.6 Å². The van der Waals surface area contributed by atoms with Gasteiger partial charge in [-0.1, -0.05) is 5.92 Å². The fourth-order valence-electron chi connectivity index (χ4n) is 3.24. The van der Waals surface area contributed by atoms with Gasteiger partial charge in [-0.3, -0.25) is 9.40 Å².